The molecule has 0 bridgehead atoms. The number of nitrogens with one attached hydrogen (secondary N) is 1. The average Bonchev–Trinajstić information content (AvgIpc) is 3.27. The van der Waals surface area contributed by atoms with Gasteiger partial charge in [-0.1, -0.05) is 18.5 Å². The molecule has 7 heteroatoms. The van der Waals surface area contributed by atoms with Crippen molar-refractivity contribution in [2.45, 2.75) is 38.6 Å². The molecule has 1 fully saturated rings. The second kappa shape index (κ2) is 7.08. The summed E-state index contributed by atoms with van der Waals surface area (Å²) in [6.07, 6.45) is 1.67. The van der Waals surface area contributed by atoms with Gasteiger partial charge in [0.05, 0.1) is 18.2 Å². The highest BCUT2D eigenvalue weighted by molar-refractivity contribution is 6.32. The Bertz CT molecular complexity index is 613. The van der Waals surface area contributed by atoms with Crippen LogP contribution in [0.1, 0.15) is 43.5 Å². The number of carbonyl (C=O) groups is 2. The molecule has 2 rings (SSSR count). The third-order valence-corrected chi connectivity index (χ3v) is 3.82. The maximum Gasteiger partial charge on any atom is 0.329 e. The number of hydrogen-bond donors (Lipinski definition) is 2. The number of amides is 1. The minimum Gasteiger partial charge on any atom is -0.490 e. The van der Waals surface area contributed by atoms with Crippen molar-refractivity contribution in [3.8, 4) is 11.5 Å². The van der Waals surface area contributed by atoms with E-state index in [0.29, 0.717) is 37.6 Å². The summed E-state index contributed by atoms with van der Waals surface area (Å²) in [4.78, 5) is 23.5. The minimum atomic E-state index is -1.15. The maximum atomic E-state index is 12.3. The lowest BCUT2D eigenvalue weighted by Gasteiger charge is -2.16. The first-order valence-electron chi connectivity index (χ1n) is 7.58. The number of aliphatic carboxylic acids is 1. The molecule has 1 aromatic carbocycles. The third-order valence-electron chi connectivity index (χ3n) is 3.53. The van der Waals surface area contributed by atoms with Gasteiger partial charge in [-0.25, -0.2) is 4.79 Å². The van der Waals surface area contributed by atoms with Crippen molar-refractivity contribution in [2.24, 2.45) is 0 Å². The monoisotopic (exact) mass is 341 g/mol. The quantitative estimate of drug-likeness (QED) is 0.759. The lowest BCUT2D eigenvalue weighted by molar-refractivity contribution is -0.140. The molecule has 2 N–H and O–H groups in total. The maximum absolute atomic E-state index is 12.3. The highest BCUT2D eigenvalue weighted by Crippen LogP contribution is 2.38. The summed E-state index contributed by atoms with van der Waals surface area (Å²) in [5.41, 5.74) is -0.901. The first-order valence-corrected chi connectivity index (χ1v) is 7.96. The Morgan fingerprint density at radius 1 is 1.30 bits per heavy atom. The highest BCUT2D eigenvalue weighted by atomic mass is 35.5. The summed E-state index contributed by atoms with van der Waals surface area (Å²) in [5.74, 6) is -0.746. The predicted octanol–water partition coefficient (Wildman–Crippen LogP) is 2.87. The lowest BCUT2D eigenvalue weighted by atomic mass is 10.1. The van der Waals surface area contributed by atoms with Crippen LogP contribution in [-0.4, -0.2) is 35.7 Å². The standard InChI is InChI=1S/C16H20ClNO5/c1-3-7-23-13-11(17)8-10(9-12(13)22-4-2)14(19)18-16(5-6-16)15(20)21/h8-9H,3-7H2,1-2H3,(H,18,19)(H,20,21). The summed E-state index contributed by atoms with van der Waals surface area (Å²) in [7, 11) is 0. The van der Waals surface area contributed by atoms with E-state index in [1.165, 1.54) is 12.1 Å². The molecule has 1 saturated carbocycles. The predicted molar refractivity (Wildman–Crippen MR) is 85.5 cm³/mol. The molecule has 126 valence electrons. The molecular weight excluding hydrogens is 322 g/mol. The summed E-state index contributed by atoms with van der Waals surface area (Å²) < 4.78 is 11.1. The molecule has 6 nitrogen and oxygen atoms in total. The fourth-order valence-electron chi connectivity index (χ4n) is 2.11. The van der Waals surface area contributed by atoms with Crippen molar-refractivity contribution < 1.29 is 24.2 Å². The van der Waals surface area contributed by atoms with Crippen LogP contribution in [0.15, 0.2) is 12.1 Å². The van der Waals surface area contributed by atoms with Gasteiger partial charge in [-0.3, -0.25) is 4.79 Å². The zero-order valence-corrected chi connectivity index (χ0v) is 13.9. The van der Waals surface area contributed by atoms with Gasteiger partial charge in [0.2, 0.25) is 0 Å². The van der Waals surface area contributed by atoms with Crippen molar-refractivity contribution in [1.29, 1.82) is 0 Å². The fourth-order valence-corrected chi connectivity index (χ4v) is 2.38. The normalized spacial score (nSPS) is 14.9. The first-order chi connectivity index (χ1) is 10.9. The molecule has 0 atom stereocenters. The van der Waals surface area contributed by atoms with Gasteiger partial charge in [0.1, 0.15) is 5.54 Å². The number of ether oxygens (including phenoxy) is 2. The second-order valence-electron chi connectivity index (χ2n) is 5.41. The average molecular weight is 342 g/mol. The van der Waals surface area contributed by atoms with E-state index >= 15 is 0 Å². The molecule has 0 aromatic heterocycles. The largest absolute Gasteiger partial charge is 0.490 e. The number of halogens is 1. The van der Waals surface area contributed by atoms with Crippen molar-refractivity contribution in [3.63, 3.8) is 0 Å². The number of rotatable bonds is 8. The van der Waals surface area contributed by atoms with Crippen LogP contribution < -0.4 is 14.8 Å². The van der Waals surface area contributed by atoms with Crippen molar-refractivity contribution in [1.82, 2.24) is 5.32 Å². The van der Waals surface area contributed by atoms with Gasteiger partial charge in [-0.05, 0) is 38.3 Å². The molecule has 23 heavy (non-hydrogen) atoms. The minimum absolute atomic E-state index is 0.245. The Hall–Kier alpha value is -1.95. The summed E-state index contributed by atoms with van der Waals surface area (Å²) >= 11 is 6.20. The van der Waals surface area contributed by atoms with E-state index in [4.69, 9.17) is 26.2 Å². The first kappa shape index (κ1) is 17.4. The molecular formula is C16H20ClNO5. The van der Waals surface area contributed by atoms with Gasteiger partial charge in [0, 0.05) is 5.56 Å². The molecule has 1 aliphatic rings. The van der Waals surface area contributed by atoms with Gasteiger partial charge in [-0.15, -0.1) is 0 Å². The van der Waals surface area contributed by atoms with E-state index in [2.05, 4.69) is 5.32 Å². The Kier molecular flexibility index (Phi) is 5.36. The summed E-state index contributed by atoms with van der Waals surface area (Å²) in [5, 5.41) is 12.0. The fraction of sp³-hybridized carbons (Fsp3) is 0.500. The van der Waals surface area contributed by atoms with Crippen LogP contribution in [0.5, 0.6) is 11.5 Å². The number of carboxylic acid groups (broad SMARTS) is 1. The number of hydrogen-bond acceptors (Lipinski definition) is 4. The highest BCUT2D eigenvalue weighted by Gasteiger charge is 2.51. The van der Waals surface area contributed by atoms with Crippen LogP contribution >= 0.6 is 11.6 Å². The van der Waals surface area contributed by atoms with Crippen molar-refractivity contribution in [2.75, 3.05) is 13.2 Å². The SMILES string of the molecule is CCCOc1c(Cl)cc(C(=O)NC2(C(=O)O)CC2)cc1OCC. The van der Waals surface area contributed by atoms with Gasteiger partial charge in [0.25, 0.3) is 5.91 Å². The number of carboxylic acids is 1. The van der Waals surface area contributed by atoms with Crippen LogP contribution in [0.4, 0.5) is 0 Å². The van der Waals surface area contributed by atoms with Crippen LogP contribution in [0.2, 0.25) is 5.02 Å². The van der Waals surface area contributed by atoms with E-state index in [9.17, 15) is 9.59 Å². The van der Waals surface area contributed by atoms with E-state index in [1.807, 2.05) is 13.8 Å². The van der Waals surface area contributed by atoms with Crippen molar-refractivity contribution in [3.05, 3.63) is 22.7 Å². The molecule has 0 unspecified atom stereocenters. The van der Waals surface area contributed by atoms with Gasteiger partial charge in [0.15, 0.2) is 11.5 Å². The Morgan fingerprint density at radius 3 is 2.52 bits per heavy atom. The molecule has 0 radical (unpaired) electrons. The van der Waals surface area contributed by atoms with Crippen LogP contribution in [-0.2, 0) is 4.79 Å². The molecule has 1 aliphatic carbocycles. The van der Waals surface area contributed by atoms with Crippen molar-refractivity contribution >= 4 is 23.5 Å². The van der Waals surface area contributed by atoms with E-state index < -0.39 is 17.4 Å². The Balaban J connectivity index is 2.25. The Morgan fingerprint density at radius 2 is 2.00 bits per heavy atom. The molecule has 0 saturated heterocycles. The Labute approximate surface area is 139 Å². The molecule has 0 heterocycles. The van der Waals surface area contributed by atoms with E-state index in [0.717, 1.165) is 6.42 Å². The summed E-state index contributed by atoms with van der Waals surface area (Å²) in [6.45, 7) is 4.65. The topological polar surface area (TPSA) is 84.9 Å². The molecule has 1 aromatic rings. The van der Waals surface area contributed by atoms with Crippen LogP contribution in [0.25, 0.3) is 0 Å². The van der Waals surface area contributed by atoms with Crippen LogP contribution in [0, 0.1) is 0 Å². The zero-order valence-electron chi connectivity index (χ0n) is 13.1. The van der Waals surface area contributed by atoms with E-state index in [1.54, 1.807) is 0 Å². The molecule has 1 amide bonds. The van der Waals surface area contributed by atoms with E-state index in [-0.39, 0.29) is 10.6 Å². The van der Waals surface area contributed by atoms with Gasteiger partial charge in [-0.2, -0.15) is 0 Å². The number of benzene rings is 1. The third kappa shape index (κ3) is 3.88. The second-order valence-corrected chi connectivity index (χ2v) is 5.82. The van der Waals surface area contributed by atoms with Gasteiger partial charge >= 0.3 is 5.97 Å². The van der Waals surface area contributed by atoms with Gasteiger partial charge < -0.3 is 19.9 Å². The van der Waals surface area contributed by atoms with Crippen LogP contribution in [0.3, 0.4) is 0 Å². The zero-order chi connectivity index (χ0) is 17.0. The number of carbonyl (C=O) groups excluding carboxylic acids is 1. The smallest absolute Gasteiger partial charge is 0.329 e. The molecule has 0 spiro atoms. The lowest BCUT2D eigenvalue weighted by Crippen LogP contribution is -2.43. The summed E-state index contributed by atoms with van der Waals surface area (Å²) in [6, 6.07) is 2.98. The molecule has 0 aliphatic heterocycles.